The van der Waals surface area contributed by atoms with Gasteiger partial charge in [-0.1, -0.05) is 26.0 Å². The summed E-state index contributed by atoms with van der Waals surface area (Å²) in [5.41, 5.74) is -0.199. The number of nitrogens with one attached hydrogen (secondary N) is 1. The van der Waals surface area contributed by atoms with Crippen molar-refractivity contribution in [2.75, 3.05) is 20.3 Å². The number of hydrogen-bond acceptors (Lipinski definition) is 3. The highest BCUT2D eigenvalue weighted by atomic mass is 16.5. The predicted molar refractivity (Wildman–Crippen MR) is 104 cm³/mol. The van der Waals surface area contributed by atoms with Crippen LogP contribution in [0.3, 0.4) is 0 Å². The molecule has 0 aromatic carbocycles. The Kier molecular flexibility index (Phi) is 10.2. The minimum absolute atomic E-state index is 0.199. The largest absolute Gasteiger partial charge is 0.453 e. The zero-order chi connectivity index (χ0) is 18.7. The van der Waals surface area contributed by atoms with Crippen LogP contribution < -0.4 is 5.32 Å². The van der Waals surface area contributed by atoms with E-state index in [0.29, 0.717) is 12.5 Å². The highest BCUT2D eigenvalue weighted by molar-refractivity contribution is 5.66. The molecule has 4 nitrogen and oxygen atoms in total. The highest BCUT2D eigenvalue weighted by Crippen LogP contribution is 2.46. The fraction of sp³-hybridized carbons (Fsp3) is 0.857. The molecular formula is C21H39NO3. The molecule has 0 aromatic heterocycles. The number of alkyl carbamates (subject to hydrolysis) is 1. The van der Waals surface area contributed by atoms with Gasteiger partial charge >= 0.3 is 6.09 Å². The minimum atomic E-state index is -0.391. The van der Waals surface area contributed by atoms with Crippen molar-refractivity contribution in [2.24, 2.45) is 17.8 Å². The SMILES string of the molecule is C1=C\CC[C@@H]2CC2CC/1.COC(=O)NCCC(C)(C)OCCC(C)C. The summed E-state index contributed by atoms with van der Waals surface area (Å²) in [6.07, 6.45) is 13.3. The van der Waals surface area contributed by atoms with Crippen LogP contribution in [0.15, 0.2) is 12.2 Å². The van der Waals surface area contributed by atoms with Crippen molar-refractivity contribution in [1.82, 2.24) is 5.32 Å². The van der Waals surface area contributed by atoms with Crippen molar-refractivity contribution < 1.29 is 14.3 Å². The van der Waals surface area contributed by atoms with E-state index in [1.165, 1.54) is 32.8 Å². The number of rotatable bonds is 7. The van der Waals surface area contributed by atoms with E-state index in [-0.39, 0.29) is 5.60 Å². The van der Waals surface area contributed by atoms with E-state index in [1.807, 2.05) is 13.8 Å². The molecular weight excluding hydrogens is 314 g/mol. The number of hydrogen-bond donors (Lipinski definition) is 1. The number of carbonyl (C=O) groups excluding carboxylic acids is 1. The normalized spacial score (nSPS) is 23.4. The molecule has 4 heteroatoms. The second-order valence-corrected chi connectivity index (χ2v) is 8.34. The third-order valence-electron chi connectivity index (χ3n) is 5.01. The fourth-order valence-corrected chi connectivity index (χ4v) is 3.05. The van der Waals surface area contributed by atoms with Gasteiger partial charge in [0.1, 0.15) is 0 Å². The maximum atomic E-state index is 10.8. The molecule has 0 bridgehead atoms. The van der Waals surface area contributed by atoms with Crippen LogP contribution in [0.1, 0.15) is 72.6 Å². The maximum Gasteiger partial charge on any atom is 0.406 e. The lowest BCUT2D eigenvalue weighted by Crippen LogP contribution is -2.33. The first-order valence-corrected chi connectivity index (χ1v) is 9.95. The molecule has 25 heavy (non-hydrogen) atoms. The monoisotopic (exact) mass is 353 g/mol. The molecule has 0 aliphatic heterocycles. The van der Waals surface area contributed by atoms with Gasteiger partial charge in [0.05, 0.1) is 12.7 Å². The van der Waals surface area contributed by atoms with Crippen molar-refractivity contribution in [3.05, 3.63) is 12.2 Å². The van der Waals surface area contributed by atoms with Gasteiger partial charge in [0.25, 0.3) is 0 Å². The molecule has 1 fully saturated rings. The smallest absolute Gasteiger partial charge is 0.406 e. The Labute approximate surface area is 154 Å². The first-order valence-electron chi connectivity index (χ1n) is 9.95. The molecule has 0 spiro atoms. The third kappa shape index (κ3) is 11.2. The first kappa shape index (κ1) is 22.0. The number of methoxy groups -OCH3 is 1. The van der Waals surface area contributed by atoms with Crippen LogP contribution in [0.25, 0.3) is 0 Å². The number of carbonyl (C=O) groups is 1. The van der Waals surface area contributed by atoms with Crippen LogP contribution in [0.2, 0.25) is 0 Å². The van der Waals surface area contributed by atoms with Crippen molar-refractivity contribution in [2.45, 2.75) is 78.2 Å². The lowest BCUT2D eigenvalue weighted by molar-refractivity contribution is -0.0270. The van der Waals surface area contributed by atoms with Gasteiger partial charge in [0.2, 0.25) is 0 Å². The third-order valence-corrected chi connectivity index (χ3v) is 5.01. The number of ether oxygens (including phenoxy) is 2. The molecule has 0 radical (unpaired) electrons. The average molecular weight is 354 g/mol. The van der Waals surface area contributed by atoms with Gasteiger partial charge in [0.15, 0.2) is 0 Å². The fourth-order valence-electron chi connectivity index (χ4n) is 3.05. The van der Waals surface area contributed by atoms with Crippen LogP contribution >= 0.6 is 0 Å². The Balaban J connectivity index is 0.000000286. The summed E-state index contributed by atoms with van der Waals surface area (Å²) in [6.45, 7) is 9.76. The number of fused-ring (bicyclic) bond motifs is 1. The van der Waals surface area contributed by atoms with Crippen LogP contribution in [0.5, 0.6) is 0 Å². The van der Waals surface area contributed by atoms with Crippen LogP contribution in [0.4, 0.5) is 4.79 Å². The van der Waals surface area contributed by atoms with Gasteiger partial charge in [-0.05, 0) is 76.5 Å². The maximum absolute atomic E-state index is 10.8. The topological polar surface area (TPSA) is 47.6 Å². The molecule has 2 atom stereocenters. The zero-order valence-corrected chi connectivity index (χ0v) is 17.0. The van der Waals surface area contributed by atoms with Gasteiger partial charge in [0, 0.05) is 13.2 Å². The predicted octanol–water partition coefficient (Wildman–Crippen LogP) is 5.33. The van der Waals surface area contributed by atoms with E-state index in [9.17, 15) is 4.79 Å². The summed E-state index contributed by atoms with van der Waals surface area (Å²) < 4.78 is 10.3. The van der Waals surface area contributed by atoms with Gasteiger partial charge in [-0.15, -0.1) is 0 Å². The average Bonchev–Trinajstić information content (AvgIpc) is 3.23. The van der Waals surface area contributed by atoms with Crippen LogP contribution in [-0.4, -0.2) is 32.0 Å². The van der Waals surface area contributed by atoms with Crippen molar-refractivity contribution >= 4 is 6.09 Å². The van der Waals surface area contributed by atoms with E-state index in [0.717, 1.165) is 31.3 Å². The summed E-state index contributed by atoms with van der Waals surface area (Å²) in [5, 5.41) is 2.65. The zero-order valence-electron chi connectivity index (χ0n) is 17.0. The Hall–Kier alpha value is -1.03. The van der Waals surface area contributed by atoms with E-state index in [2.05, 4.69) is 36.1 Å². The second kappa shape index (κ2) is 11.6. The molecule has 146 valence electrons. The lowest BCUT2D eigenvalue weighted by Gasteiger charge is -2.25. The Bertz CT molecular complexity index is 390. The molecule has 1 saturated carbocycles. The van der Waals surface area contributed by atoms with Crippen molar-refractivity contribution in [3.8, 4) is 0 Å². The molecule has 1 N–H and O–H groups in total. The Morgan fingerprint density at radius 3 is 2.32 bits per heavy atom. The standard InChI is InChI=1S/C12H25NO3.C9H14/c1-10(2)6-9-16-12(3,4)7-8-13-11(14)15-5;1-2-4-6-9-7-8(9)5-3-1/h10H,6-9H2,1-5H3,(H,13,14);1-2,8-9H,3-7H2/b;2-1-/t;8-,9?/m.1/s1. The number of amides is 1. The highest BCUT2D eigenvalue weighted by Gasteiger charge is 2.35. The van der Waals surface area contributed by atoms with Crippen LogP contribution in [-0.2, 0) is 9.47 Å². The van der Waals surface area contributed by atoms with Crippen LogP contribution in [0, 0.1) is 17.8 Å². The first-order chi connectivity index (χ1) is 11.8. The summed E-state index contributed by atoms with van der Waals surface area (Å²) in [5.74, 6) is 2.92. The Morgan fingerprint density at radius 2 is 1.80 bits per heavy atom. The van der Waals surface area contributed by atoms with Crippen molar-refractivity contribution in [1.29, 1.82) is 0 Å². The van der Waals surface area contributed by atoms with E-state index in [1.54, 1.807) is 6.42 Å². The van der Waals surface area contributed by atoms with Gasteiger partial charge in [-0.2, -0.15) is 0 Å². The summed E-state index contributed by atoms with van der Waals surface area (Å²) in [6, 6.07) is 0. The molecule has 1 amide bonds. The molecule has 1 unspecified atom stereocenters. The summed E-state index contributed by atoms with van der Waals surface area (Å²) in [7, 11) is 1.36. The minimum Gasteiger partial charge on any atom is -0.453 e. The van der Waals surface area contributed by atoms with E-state index >= 15 is 0 Å². The van der Waals surface area contributed by atoms with Gasteiger partial charge in [-0.3, -0.25) is 0 Å². The van der Waals surface area contributed by atoms with E-state index in [4.69, 9.17) is 4.74 Å². The lowest BCUT2D eigenvalue weighted by atomic mass is 10.0. The molecule has 0 heterocycles. The Morgan fingerprint density at radius 1 is 1.20 bits per heavy atom. The molecule has 0 saturated heterocycles. The molecule has 2 rings (SSSR count). The molecule has 0 aromatic rings. The van der Waals surface area contributed by atoms with Gasteiger partial charge in [-0.25, -0.2) is 4.79 Å². The van der Waals surface area contributed by atoms with E-state index < -0.39 is 6.09 Å². The summed E-state index contributed by atoms with van der Waals surface area (Å²) in [4.78, 5) is 10.8. The number of allylic oxidation sites excluding steroid dienone is 2. The van der Waals surface area contributed by atoms with Crippen molar-refractivity contribution in [3.63, 3.8) is 0 Å². The quantitative estimate of drug-likeness (QED) is 0.630. The summed E-state index contributed by atoms with van der Waals surface area (Å²) >= 11 is 0. The second-order valence-electron chi connectivity index (χ2n) is 8.34. The van der Waals surface area contributed by atoms with Gasteiger partial charge < -0.3 is 14.8 Å². The molecule has 2 aliphatic carbocycles. The molecule has 2 aliphatic rings.